The number of unbranched alkanes of at least 4 members (excludes halogenated alkanes) is 1. The van der Waals surface area contributed by atoms with Gasteiger partial charge < -0.3 is 25.3 Å². The van der Waals surface area contributed by atoms with Crippen LogP contribution < -0.4 is 0 Å². The molecule has 2 heterocycles. The molecule has 0 radical (unpaired) electrons. The average Bonchev–Trinajstić information content (AvgIpc) is 3.40. The van der Waals surface area contributed by atoms with Gasteiger partial charge in [-0.2, -0.15) is 0 Å². The number of aliphatic hydroxyl groups excluding tert-OH is 2. The largest absolute Gasteiger partial charge is 0.504 e. The van der Waals surface area contributed by atoms with Crippen molar-refractivity contribution >= 4 is 62.1 Å². The van der Waals surface area contributed by atoms with Gasteiger partial charge in [0, 0.05) is 43.6 Å². The van der Waals surface area contributed by atoms with E-state index < -0.39 is 40.3 Å². The quantitative estimate of drug-likeness (QED) is 0.212. The Hall–Kier alpha value is -4.30. The van der Waals surface area contributed by atoms with Gasteiger partial charge in [0.2, 0.25) is 11.6 Å². The second-order valence-electron chi connectivity index (χ2n) is 8.60. The number of carboxylic acid groups (broad SMARTS) is 1. The minimum Gasteiger partial charge on any atom is -0.504 e. The SMILES string of the molecule is CCCCc1[nH]c2ccccc2c1C1=C(O)C(=O)C(c2c(C(=O)O)[nH]c3ccc(Cl)cc23)=C(O)C1=O. The van der Waals surface area contributed by atoms with E-state index in [1.54, 1.807) is 12.1 Å². The summed E-state index contributed by atoms with van der Waals surface area (Å²) in [5, 5.41) is 33.0. The van der Waals surface area contributed by atoms with Crippen LogP contribution in [0.2, 0.25) is 5.02 Å². The van der Waals surface area contributed by atoms with E-state index >= 15 is 0 Å². The molecule has 5 rings (SSSR count). The number of carboxylic acids is 1. The number of halogens is 1. The lowest BCUT2D eigenvalue weighted by atomic mass is 9.84. The average molecular weight is 505 g/mol. The Balaban J connectivity index is 1.76. The normalized spacial score (nSPS) is 14.5. The number of carbonyl (C=O) groups is 3. The molecule has 36 heavy (non-hydrogen) atoms. The molecule has 0 amide bonds. The number of H-pyrrole nitrogens is 2. The van der Waals surface area contributed by atoms with E-state index in [1.807, 2.05) is 19.1 Å². The minimum absolute atomic E-state index is 0.216. The van der Waals surface area contributed by atoms with Gasteiger partial charge in [-0.25, -0.2) is 4.79 Å². The first-order valence-corrected chi connectivity index (χ1v) is 11.7. The van der Waals surface area contributed by atoms with E-state index in [-0.39, 0.29) is 21.5 Å². The number of hydrogen-bond donors (Lipinski definition) is 5. The molecule has 8 nitrogen and oxygen atoms in total. The number of benzene rings is 2. The van der Waals surface area contributed by atoms with Gasteiger partial charge in [-0.3, -0.25) is 9.59 Å². The standard InChI is InChI=1S/C27H21ClN2O6/c1-2-3-7-17-18(13-6-4-5-8-15(13)29-17)20-23(31)25(33)21(26(34)24(20)32)19-14-11-12(28)9-10-16(14)30-22(19)27(35)36/h4-6,8-11,29-31,34H,2-3,7H2,1H3,(H,35,36). The van der Waals surface area contributed by atoms with Crippen LogP contribution in [0.5, 0.6) is 0 Å². The maximum atomic E-state index is 13.6. The van der Waals surface area contributed by atoms with Crippen LogP contribution in [0.25, 0.3) is 33.0 Å². The molecule has 182 valence electrons. The van der Waals surface area contributed by atoms with Crippen molar-refractivity contribution in [2.24, 2.45) is 0 Å². The number of aromatic carboxylic acids is 1. The Kier molecular flexibility index (Phi) is 5.68. The van der Waals surface area contributed by atoms with Crippen molar-refractivity contribution in [3.63, 3.8) is 0 Å². The Morgan fingerprint density at radius 1 is 0.889 bits per heavy atom. The number of allylic oxidation sites excluding steroid dienone is 2. The highest BCUT2D eigenvalue weighted by Gasteiger charge is 2.40. The summed E-state index contributed by atoms with van der Waals surface area (Å²) in [6.45, 7) is 2.02. The molecule has 2 aromatic heterocycles. The Morgan fingerprint density at radius 3 is 2.19 bits per heavy atom. The van der Waals surface area contributed by atoms with Crippen molar-refractivity contribution < 1.29 is 29.7 Å². The molecule has 0 unspecified atom stereocenters. The summed E-state index contributed by atoms with van der Waals surface area (Å²) in [7, 11) is 0. The summed E-state index contributed by atoms with van der Waals surface area (Å²) in [4.78, 5) is 45.0. The van der Waals surface area contributed by atoms with Crippen LogP contribution in [0, 0.1) is 0 Å². The molecule has 0 spiro atoms. The molecule has 0 saturated heterocycles. The van der Waals surface area contributed by atoms with Crippen LogP contribution in [-0.2, 0) is 16.0 Å². The summed E-state index contributed by atoms with van der Waals surface area (Å²) >= 11 is 6.10. The highest BCUT2D eigenvalue weighted by molar-refractivity contribution is 6.48. The van der Waals surface area contributed by atoms with Crippen molar-refractivity contribution in [1.82, 2.24) is 9.97 Å². The first kappa shape index (κ1) is 23.4. The molecule has 0 bridgehead atoms. The molecular formula is C27H21ClN2O6. The van der Waals surface area contributed by atoms with Crippen LogP contribution >= 0.6 is 11.6 Å². The van der Waals surface area contributed by atoms with Gasteiger partial charge in [-0.1, -0.05) is 43.1 Å². The molecule has 0 saturated carbocycles. The topological polar surface area (TPSA) is 143 Å². The lowest BCUT2D eigenvalue weighted by molar-refractivity contribution is -0.116. The molecule has 4 aromatic rings. The molecule has 1 aliphatic rings. The van der Waals surface area contributed by atoms with Crippen LogP contribution in [0.15, 0.2) is 54.0 Å². The number of hydrogen-bond acceptors (Lipinski definition) is 5. The monoisotopic (exact) mass is 504 g/mol. The number of para-hydroxylation sites is 1. The highest BCUT2D eigenvalue weighted by atomic mass is 35.5. The van der Waals surface area contributed by atoms with Crippen molar-refractivity contribution in [1.29, 1.82) is 0 Å². The van der Waals surface area contributed by atoms with Crippen molar-refractivity contribution in [2.45, 2.75) is 26.2 Å². The number of aromatic amines is 2. The summed E-state index contributed by atoms with van der Waals surface area (Å²) < 4.78 is 0. The summed E-state index contributed by atoms with van der Waals surface area (Å²) in [5.74, 6) is -5.24. The number of aryl methyl sites for hydroxylation is 1. The summed E-state index contributed by atoms with van der Waals surface area (Å²) in [5.41, 5.74) is 0.506. The number of fused-ring (bicyclic) bond motifs is 2. The number of rotatable bonds is 6. The van der Waals surface area contributed by atoms with Crippen LogP contribution in [-0.4, -0.2) is 42.8 Å². The van der Waals surface area contributed by atoms with Gasteiger partial charge in [0.05, 0.1) is 11.1 Å². The Bertz CT molecular complexity index is 1670. The molecule has 0 fully saturated rings. The van der Waals surface area contributed by atoms with E-state index in [0.717, 1.165) is 12.8 Å². The third-order valence-electron chi connectivity index (χ3n) is 6.40. The fourth-order valence-electron chi connectivity index (χ4n) is 4.75. The lowest BCUT2D eigenvalue weighted by Gasteiger charge is -2.19. The van der Waals surface area contributed by atoms with Gasteiger partial charge >= 0.3 is 5.97 Å². The van der Waals surface area contributed by atoms with Gasteiger partial charge in [0.1, 0.15) is 5.69 Å². The Labute approximate surface area is 209 Å². The minimum atomic E-state index is -1.41. The fourth-order valence-corrected chi connectivity index (χ4v) is 4.92. The molecule has 0 aliphatic heterocycles. The molecule has 9 heteroatoms. The van der Waals surface area contributed by atoms with Crippen molar-refractivity contribution in [3.8, 4) is 0 Å². The number of aromatic nitrogens is 2. The first-order chi connectivity index (χ1) is 17.2. The molecule has 5 N–H and O–H groups in total. The second-order valence-corrected chi connectivity index (χ2v) is 9.04. The molecular weight excluding hydrogens is 484 g/mol. The van der Waals surface area contributed by atoms with Crippen LogP contribution in [0.1, 0.15) is 47.1 Å². The zero-order valence-electron chi connectivity index (χ0n) is 19.1. The third-order valence-corrected chi connectivity index (χ3v) is 6.63. The highest BCUT2D eigenvalue weighted by Crippen LogP contribution is 2.41. The van der Waals surface area contributed by atoms with E-state index in [4.69, 9.17) is 11.6 Å². The predicted molar refractivity (Wildman–Crippen MR) is 136 cm³/mol. The van der Waals surface area contributed by atoms with Crippen LogP contribution in [0.3, 0.4) is 0 Å². The second kappa shape index (κ2) is 8.73. The predicted octanol–water partition coefficient (Wildman–Crippen LogP) is 5.73. The number of carbonyl (C=O) groups excluding carboxylic acids is 2. The zero-order valence-corrected chi connectivity index (χ0v) is 19.9. The molecule has 2 aromatic carbocycles. The van der Waals surface area contributed by atoms with E-state index in [1.165, 1.54) is 18.2 Å². The van der Waals surface area contributed by atoms with Gasteiger partial charge in [-0.15, -0.1) is 0 Å². The smallest absolute Gasteiger partial charge is 0.352 e. The fraction of sp³-hybridized carbons (Fsp3) is 0.148. The van der Waals surface area contributed by atoms with Crippen molar-refractivity contribution in [3.05, 3.63) is 81.5 Å². The van der Waals surface area contributed by atoms with E-state index in [0.29, 0.717) is 34.1 Å². The number of ketones is 2. The Morgan fingerprint density at radius 2 is 1.53 bits per heavy atom. The maximum Gasteiger partial charge on any atom is 0.352 e. The number of aliphatic hydroxyl groups is 2. The summed E-state index contributed by atoms with van der Waals surface area (Å²) in [6, 6.07) is 11.6. The van der Waals surface area contributed by atoms with E-state index in [9.17, 15) is 29.7 Å². The van der Waals surface area contributed by atoms with Crippen molar-refractivity contribution in [2.75, 3.05) is 0 Å². The molecule has 0 atom stereocenters. The third kappa shape index (κ3) is 3.49. The van der Waals surface area contributed by atoms with E-state index in [2.05, 4.69) is 9.97 Å². The number of Topliss-reactive ketones (excluding diaryl/α,β-unsaturated/α-hetero) is 2. The van der Waals surface area contributed by atoms with Gasteiger partial charge in [0.15, 0.2) is 11.5 Å². The summed E-state index contributed by atoms with van der Waals surface area (Å²) in [6.07, 6.45) is 2.23. The van der Waals surface area contributed by atoms with Gasteiger partial charge in [-0.05, 0) is 37.1 Å². The van der Waals surface area contributed by atoms with Crippen LogP contribution in [0.4, 0.5) is 0 Å². The zero-order chi connectivity index (χ0) is 25.7. The number of nitrogens with one attached hydrogen (secondary N) is 2. The lowest BCUT2D eigenvalue weighted by Crippen LogP contribution is -2.24. The van der Waals surface area contributed by atoms with Gasteiger partial charge in [0.25, 0.3) is 0 Å². The molecule has 1 aliphatic carbocycles. The maximum absolute atomic E-state index is 13.6. The first-order valence-electron chi connectivity index (χ1n) is 11.3.